The van der Waals surface area contributed by atoms with Crippen molar-refractivity contribution in [2.24, 2.45) is 0 Å². The number of hydrogen-bond acceptors (Lipinski definition) is 4. The van der Waals surface area contributed by atoms with Crippen molar-refractivity contribution >= 4 is 76.8 Å². The third-order valence-electron chi connectivity index (χ3n) is 9.87. The number of thioether (sulfide) groups is 1. The van der Waals surface area contributed by atoms with Gasteiger partial charge in [0.25, 0.3) is 0 Å². The van der Waals surface area contributed by atoms with Gasteiger partial charge in [-0.15, -0.1) is 11.3 Å². The molecule has 10 rings (SSSR count). The van der Waals surface area contributed by atoms with Crippen LogP contribution in [-0.4, -0.2) is 0 Å². The molecule has 2 nitrogen and oxygen atoms in total. The van der Waals surface area contributed by atoms with Crippen molar-refractivity contribution in [3.05, 3.63) is 188 Å². The van der Waals surface area contributed by atoms with E-state index < -0.39 is 0 Å². The Bertz CT molecular complexity index is 2690. The number of rotatable bonds is 6. The zero-order chi connectivity index (χ0) is 33.7. The standard InChI is InChI=1S/C47H32N2S2/c1-4-10-31(11-5-1)33-18-21-38(22-19-33)49(39-23-20-36-26-35(16-17-37(36)27-39)32-12-6-2-7-13-32)40-24-25-44-41(28-40)42-29-46-43(30-45(42)50-44)48-47(51-46)34-14-8-3-9-15-34/h1-30,47-48H. The molecule has 0 amide bonds. The van der Waals surface area contributed by atoms with Gasteiger partial charge in [-0.2, -0.15) is 0 Å². The first-order valence-electron chi connectivity index (χ1n) is 17.3. The Morgan fingerprint density at radius 2 is 1.00 bits per heavy atom. The molecule has 242 valence electrons. The Kier molecular flexibility index (Phi) is 7.37. The quantitative estimate of drug-likeness (QED) is 0.187. The molecule has 0 aliphatic carbocycles. The molecule has 0 saturated heterocycles. The lowest BCUT2D eigenvalue weighted by Crippen LogP contribution is -2.09. The number of anilines is 4. The van der Waals surface area contributed by atoms with Gasteiger partial charge >= 0.3 is 0 Å². The average Bonchev–Trinajstić information content (AvgIpc) is 3.78. The monoisotopic (exact) mass is 688 g/mol. The molecule has 51 heavy (non-hydrogen) atoms. The van der Waals surface area contributed by atoms with Gasteiger partial charge in [0.1, 0.15) is 5.37 Å². The van der Waals surface area contributed by atoms with Crippen LogP contribution in [0.3, 0.4) is 0 Å². The summed E-state index contributed by atoms with van der Waals surface area (Å²) in [4.78, 5) is 3.70. The second kappa shape index (κ2) is 12.5. The van der Waals surface area contributed by atoms with Crippen molar-refractivity contribution in [1.82, 2.24) is 0 Å². The lowest BCUT2D eigenvalue weighted by Gasteiger charge is -2.26. The Labute approximate surface area is 305 Å². The molecule has 0 bridgehead atoms. The molecule has 1 atom stereocenters. The predicted molar refractivity (Wildman–Crippen MR) is 221 cm³/mol. The van der Waals surface area contributed by atoms with Gasteiger partial charge in [-0.3, -0.25) is 0 Å². The van der Waals surface area contributed by atoms with Crippen molar-refractivity contribution in [1.29, 1.82) is 0 Å². The molecule has 4 heteroatoms. The maximum Gasteiger partial charge on any atom is 0.103 e. The van der Waals surface area contributed by atoms with Crippen molar-refractivity contribution in [3.63, 3.8) is 0 Å². The minimum atomic E-state index is 0.227. The molecule has 8 aromatic carbocycles. The molecule has 9 aromatic rings. The van der Waals surface area contributed by atoms with Gasteiger partial charge in [-0.05, 0) is 99.3 Å². The van der Waals surface area contributed by atoms with Crippen LogP contribution in [-0.2, 0) is 0 Å². The summed E-state index contributed by atoms with van der Waals surface area (Å²) in [5.41, 5.74) is 10.8. The SMILES string of the molecule is c1ccc(-c2ccc(N(c3ccc4cc(-c5ccccc5)ccc4c3)c3ccc4sc5cc6c(cc5c4c3)SC(c3ccccc3)N6)cc2)cc1. The zero-order valence-electron chi connectivity index (χ0n) is 27.7. The molecule has 1 aromatic heterocycles. The van der Waals surface area contributed by atoms with Crippen LogP contribution in [0.4, 0.5) is 22.7 Å². The first-order chi connectivity index (χ1) is 25.2. The summed E-state index contributed by atoms with van der Waals surface area (Å²) in [6, 6.07) is 66.2. The first kappa shape index (κ1) is 30.1. The predicted octanol–water partition coefficient (Wildman–Crippen LogP) is 14.2. The number of nitrogens with zero attached hydrogens (tertiary/aromatic N) is 1. The summed E-state index contributed by atoms with van der Waals surface area (Å²) in [6.45, 7) is 0. The molecule has 0 fully saturated rings. The Morgan fingerprint density at radius 3 is 1.76 bits per heavy atom. The number of thiophene rings is 1. The van der Waals surface area contributed by atoms with Crippen LogP contribution in [0, 0.1) is 0 Å². The number of fused-ring (bicyclic) bond motifs is 5. The maximum absolute atomic E-state index is 3.76. The topological polar surface area (TPSA) is 15.3 Å². The third-order valence-corrected chi connectivity index (χ3v) is 12.2. The lowest BCUT2D eigenvalue weighted by atomic mass is 10.0. The molecular weight excluding hydrogens is 657 g/mol. The van der Waals surface area contributed by atoms with Crippen molar-refractivity contribution in [3.8, 4) is 22.3 Å². The third kappa shape index (κ3) is 5.54. The smallest absolute Gasteiger partial charge is 0.103 e. The summed E-state index contributed by atoms with van der Waals surface area (Å²) in [5.74, 6) is 0. The summed E-state index contributed by atoms with van der Waals surface area (Å²) in [6.07, 6.45) is 0. The number of benzene rings is 8. The Hall–Kier alpha value is -5.81. The normalized spacial score (nSPS) is 13.8. The van der Waals surface area contributed by atoms with E-state index in [-0.39, 0.29) is 5.37 Å². The second-order valence-electron chi connectivity index (χ2n) is 13.0. The van der Waals surface area contributed by atoms with E-state index in [9.17, 15) is 0 Å². The van der Waals surface area contributed by atoms with E-state index in [1.807, 2.05) is 23.1 Å². The highest BCUT2D eigenvalue weighted by atomic mass is 32.2. The molecule has 1 N–H and O–H groups in total. The summed E-state index contributed by atoms with van der Waals surface area (Å²) in [7, 11) is 0. The Balaban J connectivity index is 1.08. The van der Waals surface area contributed by atoms with Crippen LogP contribution >= 0.6 is 23.1 Å². The molecule has 1 aliphatic rings. The number of hydrogen-bond donors (Lipinski definition) is 1. The van der Waals surface area contributed by atoms with Gasteiger partial charge < -0.3 is 10.2 Å². The van der Waals surface area contributed by atoms with E-state index in [0.29, 0.717) is 0 Å². The molecule has 0 radical (unpaired) electrons. The van der Waals surface area contributed by atoms with Gasteiger partial charge in [0.15, 0.2) is 0 Å². The van der Waals surface area contributed by atoms with Crippen molar-refractivity contribution < 1.29 is 0 Å². The summed E-state index contributed by atoms with van der Waals surface area (Å²) >= 11 is 3.77. The fourth-order valence-corrected chi connectivity index (χ4v) is 9.55. The van der Waals surface area contributed by atoms with Crippen LogP contribution in [0.25, 0.3) is 53.2 Å². The molecule has 0 saturated carbocycles. The molecule has 2 heterocycles. The van der Waals surface area contributed by atoms with E-state index in [2.05, 4.69) is 192 Å². The van der Waals surface area contributed by atoms with Crippen molar-refractivity contribution in [2.75, 3.05) is 10.2 Å². The molecule has 0 spiro atoms. The fraction of sp³-hybridized carbons (Fsp3) is 0.0213. The summed E-state index contributed by atoms with van der Waals surface area (Å²) < 4.78 is 2.61. The fourth-order valence-electron chi connectivity index (χ4n) is 7.28. The van der Waals surface area contributed by atoms with Crippen LogP contribution in [0.2, 0.25) is 0 Å². The van der Waals surface area contributed by atoms with Gasteiger partial charge in [-0.25, -0.2) is 0 Å². The zero-order valence-corrected chi connectivity index (χ0v) is 29.3. The minimum Gasteiger partial charge on any atom is -0.368 e. The maximum atomic E-state index is 3.76. The highest BCUT2D eigenvalue weighted by Gasteiger charge is 2.24. The van der Waals surface area contributed by atoms with Gasteiger partial charge in [-0.1, -0.05) is 133 Å². The van der Waals surface area contributed by atoms with Crippen LogP contribution < -0.4 is 10.2 Å². The second-order valence-corrected chi connectivity index (χ2v) is 15.3. The van der Waals surface area contributed by atoms with Gasteiger partial charge in [0, 0.05) is 42.1 Å². The van der Waals surface area contributed by atoms with Crippen LogP contribution in [0.1, 0.15) is 10.9 Å². The van der Waals surface area contributed by atoms with E-state index in [1.54, 1.807) is 0 Å². The molecule has 1 unspecified atom stereocenters. The highest BCUT2D eigenvalue weighted by molar-refractivity contribution is 8.00. The number of nitrogens with one attached hydrogen (secondary N) is 1. The van der Waals surface area contributed by atoms with E-state index in [4.69, 9.17) is 0 Å². The molecular formula is C47H32N2S2. The van der Waals surface area contributed by atoms with Gasteiger partial charge in [0.2, 0.25) is 0 Å². The van der Waals surface area contributed by atoms with Crippen LogP contribution in [0.5, 0.6) is 0 Å². The first-order valence-corrected chi connectivity index (χ1v) is 19.0. The summed E-state index contributed by atoms with van der Waals surface area (Å²) in [5, 5.41) is 9.04. The minimum absolute atomic E-state index is 0.227. The Morgan fingerprint density at radius 1 is 0.431 bits per heavy atom. The lowest BCUT2D eigenvalue weighted by molar-refractivity contribution is 1.14. The van der Waals surface area contributed by atoms with E-state index in [1.165, 1.54) is 69.3 Å². The highest BCUT2D eigenvalue weighted by Crippen LogP contribution is 2.50. The van der Waals surface area contributed by atoms with Crippen LogP contribution in [0.15, 0.2) is 187 Å². The largest absolute Gasteiger partial charge is 0.368 e. The molecule has 1 aliphatic heterocycles. The van der Waals surface area contributed by atoms with E-state index >= 15 is 0 Å². The van der Waals surface area contributed by atoms with Crippen molar-refractivity contribution in [2.45, 2.75) is 10.3 Å². The average molecular weight is 689 g/mol. The van der Waals surface area contributed by atoms with Gasteiger partial charge in [0.05, 0.1) is 5.69 Å². The van der Waals surface area contributed by atoms with E-state index in [0.717, 1.165) is 17.1 Å².